The largest absolute Gasteiger partial charge is 0.611 e. The summed E-state index contributed by atoms with van der Waals surface area (Å²) < 4.78 is 41.5. The number of ether oxygens (including phenoxy) is 1. The average molecular weight is 441 g/mol. The monoisotopic (exact) mass is 440 g/mol. The molecule has 1 fully saturated rings. The molecule has 162 valence electrons. The minimum absolute atomic E-state index is 0.169. The molecule has 1 saturated heterocycles. The zero-order valence-corrected chi connectivity index (χ0v) is 18.0. The molecule has 2 aliphatic heterocycles. The van der Waals surface area contributed by atoms with E-state index in [0.717, 1.165) is 10.5 Å². The normalized spacial score (nSPS) is 21.9. The van der Waals surface area contributed by atoms with Crippen LogP contribution in [-0.4, -0.2) is 53.1 Å². The molecule has 0 saturated carbocycles. The molecule has 0 radical (unpaired) electrons. The highest BCUT2D eigenvalue weighted by Crippen LogP contribution is 2.31. The van der Waals surface area contributed by atoms with Gasteiger partial charge in [-0.3, -0.25) is 0 Å². The molecule has 1 unspecified atom stereocenters. The number of rotatable bonds is 5. The molecule has 1 aromatic heterocycles. The van der Waals surface area contributed by atoms with Crippen LogP contribution >= 0.6 is 0 Å². The summed E-state index contributed by atoms with van der Waals surface area (Å²) in [4.78, 5) is 12.5. The summed E-state index contributed by atoms with van der Waals surface area (Å²) in [5, 5.41) is 4.04. The summed E-state index contributed by atoms with van der Waals surface area (Å²) in [5.41, 5.74) is 7.68. The van der Waals surface area contributed by atoms with Gasteiger partial charge >= 0.3 is 0 Å². The van der Waals surface area contributed by atoms with Crippen LogP contribution < -0.4 is 16.0 Å². The van der Waals surface area contributed by atoms with Crippen LogP contribution in [0.3, 0.4) is 0 Å². The Morgan fingerprint density at radius 2 is 2.16 bits per heavy atom. The van der Waals surface area contributed by atoms with Crippen LogP contribution in [0.5, 0.6) is 0 Å². The average Bonchev–Trinajstić information content (AvgIpc) is 2.96. The lowest BCUT2D eigenvalue weighted by Gasteiger charge is -2.40. The number of hydrogen-bond donors (Lipinski definition) is 2. The maximum absolute atomic E-state index is 12.7. The van der Waals surface area contributed by atoms with Crippen molar-refractivity contribution in [3.63, 3.8) is 0 Å². The van der Waals surface area contributed by atoms with Crippen molar-refractivity contribution in [2.75, 3.05) is 48.8 Å². The van der Waals surface area contributed by atoms with Gasteiger partial charge in [-0.1, -0.05) is 29.8 Å². The summed E-state index contributed by atoms with van der Waals surface area (Å²) in [6, 6.07) is 12.7. The number of nitrogens with one attached hydrogen (secondary N) is 1. The van der Waals surface area contributed by atoms with E-state index in [-0.39, 0.29) is 11.0 Å². The molecule has 7 nitrogen and oxygen atoms in total. The Kier molecular flexibility index (Phi) is 4.59. The number of aromatic nitrogens is 2. The smallest absolute Gasteiger partial charge is 0.228 e. The lowest BCUT2D eigenvalue weighted by molar-refractivity contribution is -0.0979. The SMILES string of the molecule is [2H]C([2H])([2H])c1ccc2nc(N3CC[S+]([O-])c4ccccc4C3)nc(NCC3(CN)COC3)c2c1. The van der Waals surface area contributed by atoms with Gasteiger partial charge in [-0.05, 0) is 36.2 Å². The standard InChI is InChI=1S/C23H27N5O2S/c1-16-6-7-19-18(10-16)21(25-13-23(12-24)14-30-15-23)27-22(26-19)28-8-9-31(29)20-5-3-2-4-17(20)11-28/h2-7,10H,8-9,11-15,24H2,1H3,(H,25,26,27)/i1D3. The van der Waals surface area contributed by atoms with Crippen LogP contribution in [0.4, 0.5) is 11.8 Å². The molecular weight excluding hydrogens is 410 g/mol. The highest BCUT2D eigenvalue weighted by atomic mass is 32.2. The molecule has 2 aliphatic rings. The summed E-state index contributed by atoms with van der Waals surface area (Å²) in [7, 11) is 0. The Balaban J connectivity index is 1.55. The third-order valence-corrected chi connectivity index (χ3v) is 7.42. The fourth-order valence-corrected chi connectivity index (χ4v) is 5.22. The Morgan fingerprint density at radius 1 is 1.29 bits per heavy atom. The number of anilines is 2. The number of aryl methyl sites for hydroxylation is 1. The minimum Gasteiger partial charge on any atom is -0.611 e. The molecule has 31 heavy (non-hydrogen) atoms. The first-order valence-corrected chi connectivity index (χ1v) is 11.7. The Hall–Kier alpha value is -2.39. The maximum atomic E-state index is 12.7. The van der Waals surface area contributed by atoms with Gasteiger partial charge < -0.3 is 25.2 Å². The van der Waals surface area contributed by atoms with Crippen LogP contribution in [0.2, 0.25) is 0 Å². The first kappa shape index (κ1) is 17.2. The van der Waals surface area contributed by atoms with Gasteiger partial charge in [-0.2, -0.15) is 4.98 Å². The molecule has 2 aromatic carbocycles. The third kappa shape index (κ3) is 3.96. The fraction of sp³-hybridized carbons (Fsp3) is 0.391. The highest BCUT2D eigenvalue weighted by molar-refractivity contribution is 7.91. The van der Waals surface area contributed by atoms with Crippen molar-refractivity contribution in [3.8, 4) is 0 Å². The summed E-state index contributed by atoms with van der Waals surface area (Å²) in [6.45, 7) is 1.03. The molecule has 0 amide bonds. The molecular formula is C23H27N5O2S. The van der Waals surface area contributed by atoms with Gasteiger partial charge in [0.05, 0.1) is 31.8 Å². The van der Waals surface area contributed by atoms with E-state index in [9.17, 15) is 4.55 Å². The lowest BCUT2D eigenvalue weighted by atomic mass is 9.86. The minimum atomic E-state index is -2.23. The van der Waals surface area contributed by atoms with Gasteiger partial charge in [-0.25, -0.2) is 4.98 Å². The van der Waals surface area contributed by atoms with E-state index in [2.05, 4.69) is 5.32 Å². The summed E-state index contributed by atoms with van der Waals surface area (Å²) >= 11 is -1.09. The second-order valence-electron chi connectivity index (χ2n) is 8.23. The van der Waals surface area contributed by atoms with Crippen molar-refractivity contribution in [2.24, 2.45) is 11.1 Å². The predicted molar refractivity (Wildman–Crippen MR) is 124 cm³/mol. The highest BCUT2D eigenvalue weighted by Gasteiger charge is 2.37. The molecule has 3 heterocycles. The first-order valence-electron chi connectivity index (χ1n) is 11.8. The van der Waals surface area contributed by atoms with Crippen molar-refractivity contribution >= 4 is 33.8 Å². The number of benzene rings is 2. The van der Waals surface area contributed by atoms with E-state index in [0.29, 0.717) is 67.8 Å². The topological polar surface area (TPSA) is 99.4 Å². The van der Waals surface area contributed by atoms with Crippen LogP contribution in [-0.2, 0) is 22.5 Å². The zero-order valence-electron chi connectivity index (χ0n) is 20.1. The van der Waals surface area contributed by atoms with Crippen LogP contribution in [0, 0.1) is 12.3 Å². The van der Waals surface area contributed by atoms with E-state index in [1.54, 1.807) is 18.2 Å². The van der Waals surface area contributed by atoms with Crippen molar-refractivity contribution in [2.45, 2.75) is 18.3 Å². The van der Waals surface area contributed by atoms with Gasteiger partial charge in [0.25, 0.3) is 0 Å². The summed E-state index contributed by atoms with van der Waals surface area (Å²) in [6.07, 6.45) is 0. The van der Waals surface area contributed by atoms with E-state index in [1.165, 1.54) is 0 Å². The van der Waals surface area contributed by atoms with Crippen LogP contribution in [0.25, 0.3) is 10.9 Å². The van der Waals surface area contributed by atoms with Gasteiger partial charge in [0.1, 0.15) is 11.6 Å². The van der Waals surface area contributed by atoms with Gasteiger partial charge in [0.15, 0.2) is 4.90 Å². The maximum Gasteiger partial charge on any atom is 0.228 e. The Bertz CT molecular complexity index is 1200. The molecule has 0 bridgehead atoms. The molecule has 8 heteroatoms. The van der Waals surface area contributed by atoms with Crippen LogP contribution in [0.15, 0.2) is 47.4 Å². The van der Waals surface area contributed by atoms with Crippen molar-refractivity contribution < 1.29 is 13.4 Å². The van der Waals surface area contributed by atoms with E-state index >= 15 is 0 Å². The molecule has 5 rings (SSSR count). The Labute approximate surface area is 189 Å². The molecule has 3 N–H and O–H groups in total. The van der Waals surface area contributed by atoms with E-state index < -0.39 is 18.0 Å². The molecule has 0 spiro atoms. The van der Waals surface area contributed by atoms with E-state index in [4.69, 9.17) is 24.6 Å². The van der Waals surface area contributed by atoms with Crippen LogP contribution in [0.1, 0.15) is 15.2 Å². The lowest BCUT2D eigenvalue weighted by Crippen LogP contribution is -2.52. The first-order chi connectivity index (χ1) is 16.3. The fourth-order valence-electron chi connectivity index (χ4n) is 3.96. The second-order valence-corrected chi connectivity index (χ2v) is 9.77. The summed E-state index contributed by atoms with van der Waals surface area (Å²) in [5.74, 6) is 1.55. The van der Waals surface area contributed by atoms with Gasteiger partial charge in [0, 0.05) is 33.6 Å². The number of fused-ring (bicyclic) bond motifs is 2. The van der Waals surface area contributed by atoms with Crippen molar-refractivity contribution in [1.82, 2.24) is 9.97 Å². The van der Waals surface area contributed by atoms with Gasteiger partial charge in [0.2, 0.25) is 5.95 Å². The molecule has 0 aliphatic carbocycles. The number of hydrogen-bond acceptors (Lipinski definition) is 7. The van der Waals surface area contributed by atoms with Crippen molar-refractivity contribution in [1.29, 1.82) is 0 Å². The quantitative estimate of drug-likeness (QED) is 0.588. The molecule has 1 atom stereocenters. The second kappa shape index (κ2) is 8.27. The predicted octanol–water partition coefficient (Wildman–Crippen LogP) is 2.45. The Morgan fingerprint density at radius 3 is 2.94 bits per heavy atom. The van der Waals surface area contributed by atoms with Crippen molar-refractivity contribution in [3.05, 3.63) is 53.6 Å². The third-order valence-electron chi connectivity index (χ3n) is 5.97. The number of nitrogens with zero attached hydrogens (tertiary/aromatic N) is 3. The van der Waals surface area contributed by atoms with E-state index in [1.807, 2.05) is 29.2 Å². The molecule has 3 aromatic rings. The number of nitrogens with two attached hydrogens (primary N) is 1. The van der Waals surface area contributed by atoms with Gasteiger partial charge in [-0.15, -0.1) is 0 Å². The zero-order chi connectivity index (χ0) is 23.9.